The van der Waals surface area contributed by atoms with Crippen molar-refractivity contribution < 1.29 is 0 Å². The van der Waals surface area contributed by atoms with E-state index in [1.165, 1.54) is 10.7 Å². The molecule has 0 unspecified atom stereocenters. The number of nitrogens with zero attached hydrogens (tertiary/aromatic N) is 4. The zero-order valence-corrected chi connectivity index (χ0v) is 16.2. The summed E-state index contributed by atoms with van der Waals surface area (Å²) in [6.07, 6.45) is 2.96. The lowest BCUT2D eigenvalue weighted by Crippen LogP contribution is -2.39. The second kappa shape index (κ2) is 8.87. The lowest BCUT2D eigenvalue weighted by atomic mass is 10.2. The fraction of sp³-hybridized carbons (Fsp3) is 0.556. The molecule has 2 heterocycles. The second-order valence-corrected chi connectivity index (χ2v) is 7.17. The molecule has 0 amide bonds. The van der Waals surface area contributed by atoms with Crippen LogP contribution in [-0.2, 0) is 20.0 Å². The van der Waals surface area contributed by atoms with Crippen LogP contribution in [0.5, 0.6) is 0 Å². The van der Waals surface area contributed by atoms with Gasteiger partial charge in [-0.1, -0.05) is 13.8 Å². The van der Waals surface area contributed by atoms with Crippen LogP contribution in [-0.4, -0.2) is 40.5 Å². The normalized spacial score (nSPS) is 12.0. The van der Waals surface area contributed by atoms with E-state index in [4.69, 9.17) is 4.99 Å². The van der Waals surface area contributed by atoms with Crippen LogP contribution < -0.4 is 5.32 Å². The number of nitrogens with one attached hydrogen (secondary N) is 1. The molecular weight excluding hydrogens is 318 g/mol. The summed E-state index contributed by atoms with van der Waals surface area (Å²) in [7, 11) is 4.15. The molecule has 5 nitrogen and oxygen atoms in total. The van der Waals surface area contributed by atoms with Gasteiger partial charge in [0.05, 0.1) is 17.2 Å². The van der Waals surface area contributed by atoms with Gasteiger partial charge in [0.15, 0.2) is 5.96 Å². The Hall–Kier alpha value is -1.82. The summed E-state index contributed by atoms with van der Waals surface area (Å²) in [5.74, 6) is 1.44. The molecular formula is C18H29N5S. The van der Waals surface area contributed by atoms with Crippen LogP contribution in [0.15, 0.2) is 28.7 Å². The van der Waals surface area contributed by atoms with E-state index >= 15 is 0 Å². The summed E-state index contributed by atoms with van der Waals surface area (Å²) in [5, 5.41) is 6.74. The minimum atomic E-state index is 0.501. The Morgan fingerprint density at radius 2 is 2.25 bits per heavy atom. The van der Waals surface area contributed by atoms with Crippen molar-refractivity contribution in [1.29, 1.82) is 0 Å². The van der Waals surface area contributed by atoms with Crippen LogP contribution in [0, 0.1) is 0 Å². The topological polar surface area (TPSA) is 45.5 Å². The maximum Gasteiger partial charge on any atom is 0.194 e. The Bertz CT molecular complexity index is 656. The smallest absolute Gasteiger partial charge is 0.194 e. The first kappa shape index (κ1) is 18.5. The third kappa shape index (κ3) is 5.09. The molecule has 0 aliphatic rings. The Morgan fingerprint density at radius 3 is 2.83 bits per heavy atom. The molecule has 0 bridgehead atoms. The molecule has 2 aromatic heterocycles. The highest BCUT2D eigenvalue weighted by Gasteiger charge is 2.09. The standard InChI is InChI=1S/C18H29N5S/c1-6-19-18(23(5)12-16-8-7-11-22(16)4)20-10-9-15-13-24-17(21-15)14(2)3/h7-8,11,13-14H,6,9-10,12H2,1-5H3,(H,19,20). The minimum Gasteiger partial charge on any atom is -0.357 e. The third-order valence-corrected chi connectivity index (χ3v) is 5.03. The molecule has 6 heteroatoms. The molecule has 0 aromatic carbocycles. The summed E-state index contributed by atoms with van der Waals surface area (Å²) < 4.78 is 2.14. The van der Waals surface area contributed by atoms with E-state index in [-0.39, 0.29) is 0 Å². The summed E-state index contributed by atoms with van der Waals surface area (Å²) in [4.78, 5) is 11.6. The number of guanidine groups is 1. The fourth-order valence-electron chi connectivity index (χ4n) is 2.43. The van der Waals surface area contributed by atoms with Crippen molar-refractivity contribution in [2.75, 3.05) is 20.1 Å². The molecule has 0 saturated heterocycles. The largest absolute Gasteiger partial charge is 0.357 e. The number of aryl methyl sites for hydroxylation is 1. The van der Waals surface area contributed by atoms with Crippen molar-refractivity contribution in [1.82, 2.24) is 19.8 Å². The Balaban J connectivity index is 1.95. The van der Waals surface area contributed by atoms with Crippen molar-refractivity contribution in [3.8, 4) is 0 Å². The SMILES string of the molecule is CCNC(=NCCc1csc(C(C)C)n1)N(C)Cc1cccn1C. The second-order valence-electron chi connectivity index (χ2n) is 6.28. The Kier molecular flexibility index (Phi) is 6.85. The molecule has 2 aromatic rings. The van der Waals surface area contributed by atoms with E-state index in [0.29, 0.717) is 5.92 Å². The van der Waals surface area contributed by atoms with E-state index < -0.39 is 0 Å². The average Bonchev–Trinajstić information content (AvgIpc) is 3.16. The number of aromatic nitrogens is 2. The van der Waals surface area contributed by atoms with Crippen LogP contribution in [0.3, 0.4) is 0 Å². The average molecular weight is 348 g/mol. The molecule has 2 rings (SSSR count). The molecule has 0 aliphatic carbocycles. The first-order chi connectivity index (χ1) is 11.5. The number of aliphatic imine (C=N–C) groups is 1. The zero-order chi connectivity index (χ0) is 17.5. The fourth-order valence-corrected chi connectivity index (χ4v) is 3.30. The van der Waals surface area contributed by atoms with E-state index in [1.807, 2.05) is 0 Å². The van der Waals surface area contributed by atoms with Gasteiger partial charge in [0.2, 0.25) is 0 Å². The van der Waals surface area contributed by atoms with Crippen molar-refractivity contribution in [3.05, 3.63) is 40.1 Å². The maximum absolute atomic E-state index is 4.76. The van der Waals surface area contributed by atoms with Crippen LogP contribution in [0.4, 0.5) is 0 Å². The molecule has 0 atom stereocenters. The molecule has 0 fully saturated rings. The van der Waals surface area contributed by atoms with Crippen LogP contribution in [0.2, 0.25) is 0 Å². The maximum atomic E-state index is 4.76. The van der Waals surface area contributed by atoms with Gasteiger partial charge in [-0.3, -0.25) is 4.99 Å². The Morgan fingerprint density at radius 1 is 1.46 bits per heavy atom. The van der Waals surface area contributed by atoms with E-state index in [0.717, 1.165) is 37.7 Å². The van der Waals surface area contributed by atoms with Gasteiger partial charge in [-0.15, -0.1) is 11.3 Å². The quantitative estimate of drug-likeness (QED) is 0.618. The zero-order valence-electron chi connectivity index (χ0n) is 15.4. The van der Waals surface area contributed by atoms with Gasteiger partial charge in [0.1, 0.15) is 0 Å². The van der Waals surface area contributed by atoms with E-state index in [1.54, 1.807) is 11.3 Å². The predicted octanol–water partition coefficient (Wildman–Crippen LogP) is 3.25. The number of hydrogen-bond acceptors (Lipinski definition) is 3. The number of rotatable bonds is 7. The summed E-state index contributed by atoms with van der Waals surface area (Å²) in [6.45, 7) is 8.92. The minimum absolute atomic E-state index is 0.501. The highest BCUT2D eigenvalue weighted by molar-refractivity contribution is 7.09. The van der Waals surface area contributed by atoms with Crippen LogP contribution in [0.1, 0.15) is 43.1 Å². The first-order valence-electron chi connectivity index (χ1n) is 8.55. The summed E-state index contributed by atoms with van der Waals surface area (Å²) in [5.41, 5.74) is 2.41. The van der Waals surface area contributed by atoms with E-state index in [2.05, 4.69) is 78.3 Å². The summed E-state index contributed by atoms with van der Waals surface area (Å²) >= 11 is 1.75. The molecule has 0 radical (unpaired) electrons. The Labute approximate surface area is 149 Å². The molecule has 24 heavy (non-hydrogen) atoms. The molecule has 1 N–H and O–H groups in total. The van der Waals surface area contributed by atoms with Crippen LogP contribution >= 0.6 is 11.3 Å². The lowest BCUT2D eigenvalue weighted by Gasteiger charge is -2.22. The lowest BCUT2D eigenvalue weighted by molar-refractivity contribution is 0.462. The van der Waals surface area contributed by atoms with Gasteiger partial charge in [0.25, 0.3) is 0 Å². The predicted molar refractivity (Wildman–Crippen MR) is 103 cm³/mol. The van der Waals surface area contributed by atoms with Gasteiger partial charge in [-0.25, -0.2) is 4.98 Å². The number of thiazole rings is 1. The number of hydrogen-bond donors (Lipinski definition) is 1. The van der Waals surface area contributed by atoms with Crippen molar-refractivity contribution in [2.45, 2.75) is 39.7 Å². The van der Waals surface area contributed by atoms with Gasteiger partial charge >= 0.3 is 0 Å². The van der Waals surface area contributed by atoms with Gasteiger partial charge in [-0.2, -0.15) is 0 Å². The van der Waals surface area contributed by atoms with Gasteiger partial charge in [-0.05, 0) is 19.1 Å². The van der Waals surface area contributed by atoms with Crippen molar-refractivity contribution >= 4 is 17.3 Å². The first-order valence-corrected chi connectivity index (χ1v) is 9.43. The summed E-state index contributed by atoms with van der Waals surface area (Å²) in [6, 6.07) is 4.21. The molecule has 132 valence electrons. The van der Waals surface area contributed by atoms with E-state index in [9.17, 15) is 0 Å². The monoisotopic (exact) mass is 347 g/mol. The van der Waals surface area contributed by atoms with Crippen molar-refractivity contribution in [2.24, 2.45) is 12.0 Å². The molecule has 0 aliphatic heterocycles. The molecule has 0 saturated carbocycles. The molecule has 0 spiro atoms. The third-order valence-electron chi connectivity index (χ3n) is 3.84. The van der Waals surface area contributed by atoms with Gasteiger partial charge < -0.3 is 14.8 Å². The van der Waals surface area contributed by atoms with Crippen LogP contribution in [0.25, 0.3) is 0 Å². The van der Waals surface area contributed by atoms with Gasteiger partial charge in [0, 0.05) is 56.8 Å². The van der Waals surface area contributed by atoms with Crippen molar-refractivity contribution in [3.63, 3.8) is 0 Å². The highest BCUT2D eigenvalue weighted by Crippen LogP contribution is 2.19. The highest BCUT2D eigenvalue weighted by atomic mass is 32.1.